The summed E-state index contributed by atoms with van der Waals surface area (Å²) < 4.78 is 4.71. The van der Waals surface area contributed by atoms with Crippen LogP contribution in [-0.2, 0) is 22.5 Å². The normalized spacial score (nSPS) is 15.3. The third-order valence-electron chi connectivity index (χ3n) is 4.50. The minimum absolute atomic E-state index is 0.197. The molecule has 0 saturated carbocycles. The number of methoxy groups -OCH3 is 1. The quantitative estimate of drug-likeness (QED) is 0.792. The first-order valence-corrected chi connectivity index (χ1v) is 8.41. The fraction of sp³-hybridized carbons (Fsp3) is 0.350. The van der Waals surface area contributed by atoms with Crippen LogP contribution >= 0.6 is 0 Å². The number of rotatable bonds is 5. The van der Waals surface area contributed by atoms with Gasteiger partial charge in [0, 0.05) is 38.4 Å². The number of ether oxygens (including phenoxy) is 1. The summed E-state index contributed by atoms with van der Waals surface area (Å²) in [6.07, 6.45) is 0.335. The highest BCUT2D eigenvalue weighted by Gasteiger charge is 2.17. The molecule has 1 fully saturated rings. The Morgan fingerprint density at radius 2 is 1.58 bits per heavy atom. The molecule has 3 rings (SSSR count). The Morgan fingerprint density at radius 3 is 2.21 bits per heavy atom. The zero-order valence-corrected chi connectivity index (χ0v) is 14.1. The third-order valence-corrected chi connectivity index (χ3v) is 4.50. The monoisotopic (exact) mass is 324 g/mol. The smallest absolute Gasteiger partial charge is 0.309 e. The number of carbonyl (C=O) groups excluding carboxylic acids is 1. The van der Waals surface area contributed by atoms with E-state index in [1.807, 2.05) is 12.1 Å². The summed E-state index contributed by atoms with van der Waals surface area (Å²) in [7, 11) is 1.42. The first kappa shape index (κ1) is 16.5. The molecule has 2 aromatic rings. The number of piperazine rings is 1. The van der Waals surface area contributed by atoms with Crippen molar-refractivity contribution in [3.8, 4) is 0 Å². The SMILES string of the molecule is COC(=O)Cc1ccc(N2CCN(Cc3ccccc3)CC2)cc1. The molecule has 0 amide bonds. The lowest BCUT2D eigenvalue weighted by Crippen LogP contribution is -2.45. The summed E-state index contributed by atoms with van der Waals surface area (Å²) in [5.74, 6) is -0.197. The molecular weight excluding hydrogens is 300 g/mol. The van der Waals surface area contributed by atoms with Gasteiger partial charge in [-0.1, -0.05) is 42.5 Å². The van der Waals surface area contributed by atoms with Crippen molar-refractivity contribution in [3.05, 3.63) is 65.7 Å². The fourth-order valence-electron chi connectivity index (χ4n) is 3.07. The molecule has 1 aliphatic rings. The highest BCUT2D eigenvalue weighted by atomic mass is 16.5. The second-order valence-corrected chi connectivity index (χ2v) is 6.17. The van der Waals surface area contributed by atoms with E-state index in [1.165, 1.54) is 18.4 Å². The molecule has 0 unspecified atom stereocenters. The van der Waals surface area contributed by atoms with Gasteiger partial charge in [0.15, 0.2) is 0 Å². The van der Waals surface area contributed by atoms with Gasteiger partial charge in [-0.25, -0.2) is 0 Å². The summed E-state index contributed by atoms with van der Waals surface area (Å²) in [5, 5.41) is 0. The van der Waals surface area contributed by atoms with Crippen molar-refractivity contribution in [1.82, 2.24) is 4.90 Å². The van der Waals surface area contributed by atoms with Crippen molar-refractivity contribution in [2.45, 2.75) is 13.0 Å². The molecule has 126 valence electrons. The predicted octanol–water partition coefficient (Wildman–Crippen LogP) is 2.72. The molecule has 0 atom stereocenters. The first-order chi connectivity index (χ1) is 11.7. The third kappa shape index (κ3) is 4.36. The van der Waals surface area contributed by atoms with E-state index in [4.69, 9.17) is 4.74 Å². The Labute approximate surface area is 143 Å². The van der Waals surface area contributed by atoms with Crippen molar-refractivity contribution < 1.29 is 9.53 Å². The molecule has 0 spiro atoms. The van der Waals surface area contributed by atoms with Crippen LogP contribution < -0.4 is 4.90 Å². The van der Waals surface area contributed by atoms with Gasteiger partial charge in [0.2, 0.25) is 0 Å². The topological polar surface area (TPSA) is 32.8 Å². The predicted molar refractivity (Wildman–Crippen MR) is 96.1 cm³/mol. The summed E-state index contributed by atoms with van der Waals surface area (Å²) in [6.45, 7) is 5.22. The van der Waals surface area contributed by atoms with Gasteiger partial charge in [0.25, 0.3) is 0 Å². The van der Waals surface area contributed by atoms with Crippen molar-refractivity contribution in [3.63, 3.8) is 0 Å². The van der Waals surface area contributed by atoms with Gasteiger partial charge in [0.05, 0.1) is 13.5 Å². The van der Waals surface area contributed by atoms with Crippen molar-refractivity contribution in [1.29, 1.82) is 0 Å². The molecule has 24 heavy (non-hydrogen) atoms. The van der Waals surface area contributed by atoms with Gasteiger partial charge in [-0.05, 0) is 23.3 Å². The summed E-state index contributed by atoms with van der Waals surface area (Å²) in [5.41, 5.74) is 3.59. The van der Waals surface area contributed by atoms with Gasteiger partial charge < -0.3 is 9.64 Å². The van der Waals surface area contributed by atoms with Crippen LogP contribution in [-0.4, -0.2) is 44.2 Å². The number of benzene rings is 2. The molecule has 1 heterocycles. The van der Waals surface area contributed by atoms with E-state index < -0.39 is 0 Å². The van der Waals surface area contributed by atoms with Gasteiger partial charge in [0.1, 0.15) is 0 Å². The van der Waals surface area contributed by atoms with E-state index in [9.17, 15) is 4.79 Å². The molecular formula is C20H24N2O2. The standard InChI is InChI=1S/C20H24N2O2/c1-24-20(23)15-17-7-9-19(10-8-17)22-13-11-21(12-14-22)16-18-5-3-2-4-6-18/h2-10H,11-16H2,1H3. The van der Waals surface area contributed by atoms with Crippen molar-refractivity contribution in [2.24, 2.45) is 0 Å². The van der Waals surface area contributed by atoms with Crippen LogP contribution in [0.4, 0.5) is 5.69 Å². The fourth-order valence-corrected chi connectivity index (χ4v) is 3.07. The van der Waals surface area contributed by atoms with Crippen LogP contribution in [0.2, 0.25) is 0 Å². The number of nitrogens with zero attached hydrogens (tertiary/aromatic N) is 2. The van der Waals surface area contributed by atoms with E-state index in [-0.39, 0.29) is 5.97 Å². The van der Waals surface area contributed by atoms with Gasteiger partial charge in [-0.3, -0.25) is 9.69 Å². The molecule has 0 N–H and O–H groups in total. The van der Waals surface area contributed by atoms with Gasteiger partial charge >= 0.3 is 5.97 Å². The lowest BCUT2D eigenvalue weighted by molar-refractivity contribution is -0.139. The minimum Gasteiger partial charge on any atom is -0.469 e. The molecule has 0 bridgehead atoms. The summed E-state index contributed by atoms with van der Waals surface area (Å²) in [4.78, 5) is 16.2. The molecule has 4 nitrogen and oxygen atoms in total. The maximum Gasteiger partial charge on any atom is 0.309 e. The van der Waals surface area contributed by atoms with Crippen LogP contribution in [0.3, 0.4) is 0 Å². The average molecular weight is 324 g/mol. The zero-order valence-electron chi connectivity index (χ0n) is 14.1. The maximum atomic E-state index is 11.3. The number of esters is 1. The minimum atomic E-state index is -0.197. The Hall–Kier alpha value is -2.33. The summed E-state index contributed by atoms with van der Waals surface area (Å²) >= 11 is 0. The van der Waals surface area contributed by atoms with Crippen LogP contribution in [0, 0.1) is 0 Å². The number of hydrogen-bond donors (Lipinski definition) is 0. The molecule has 0 aliphatic carbocycles. The van der Waals surface area contributed by atoms with E-state index >= 15 is 0 Å². The number of hydrogen-bond acceptors (Lipinski definition) is 4. The second-order valence-electron chi connectivity index (χ2n) is 6.17. The molecule has 2 aromatic carbocycles. The maximum absolute atomic E-state index is 11.3. The van der Waals surface area contributed by atoms with Crippen LogP contribution in [0.1, 0.15) is 11.1 Å². The van der Waals surface area contributed by atoms with E-state index in [1.54, 1.807) is 0 Å². The largest absolute Gasteiger partial charge is 0.469 e. The first-order valence-electron chi connectivity index (χ1n) is 8.41. The van der Waals surface area contributed by atoms with Gasteiger partial charge in [-0.15, -0.1) is 0 Å². The second kappa shape index (κ2) is 7.97. The molecule has 0 aromatic heterocycles. The van der Waals surface area contributed by atoms with Gasteiger partial charge in [-0.2, -0.15) is 0 Å². The lowest BCUT2D eigenvalue weighted by atomic mass is 10.1. The summed E-state index contributed by atoms with van der Waals surface area (Å²) in [6, 6.07) is 18.9. The molecule has 0 radical (unpaired) electrons. The van der Waals surface area contributed by atoms with E-state index in [0.717, 1.165) is 38.3 Å². The van der Waals surface area contributed by atoms with Crippen molar-refractivity contribution >= 4 is 11.7 Å². The van der Waals surface area contributed by atoms with Crippen LogP contribution in [0.15, 0.2) is 54.6 Å². The Kier molecular flexibility index (Phi) is 5.49. The number of carbonyl (C=O) groups is 1. The van der Waals surface area contributed by atoms with Crippen LogP contribution in [0.25, 0.3) is 0 Å². The Balaban J connectivity index is 1.52. The van der Waals surface area contributed by atoms with Crippen molar-refractivity contribution in [2.75, 3.05) is 38.2 Å². The lowest BCUT2D eigenvalue weighted by Gasteiger charge is -2.36. The zero-order chi connectivity index (χ0) is 16.8. The molecule has 1 saturated heterocycles. The highest BCUT2D eigenvalue weighted by Crippen LogP contribution is 2.18. The highest BCUT2D eigenvalue weighted by molar-refractivity contribution is 5.72. The number of anilines is 1. The van der Waals surface area contributed by atoms with E-state index in [0.29, 0.717) is 6.42 Å². The Bertz CT molecular complexity index is 647. The molecule has 1 aliphatic heterocycles. The Morgan fingerprint density at radius 1 is 0.917 bits per heavy atom. The molecule has 4 heteroatoms. The van der Waals surface area contributed by atoms with Crippen LogP contribution in [0.5, 0.6) is 0 Å². The average Bonchev–Trinajstić information content (AvgIpc) is 2.64. The van der Waals surface area contributed by atoms with E-state index in [2.05, 4.69) is 52.3 Å².